The van der Waals surface area contributed by atoms with E-state index in [4.69, 9.17) is 17.3 Å². The second-order valence-corrected chi connectivity index (χ2v) is 5.65. The van der Waals surface area contributed by atoms with Crippen molar-refractivity contribution in [1.82, 2.24) is 0 Å². The highest BCUT2D eigenvalue weighted by Crippen LogP contribution is 2.35. The Labute approximate surface area is 122 Å². The molecule has 1 atom stereocenters. The standard InChI is InChI=1S/C15H14ClNOS/c16-13-8-6-12(7-9-13)15(19-10-14(17)18)11-4-2-1-3-5-11/h1-9,15H,10H2,(H2,17,18). The van der Waals surface area contributed by atoms with E-state index in [0.717, 1.165) is 11.1 Å². The fraction of sp³-hybridized carbons (Fsp3) is 0.133. The minimum atomic E-state index is -0.306. The summed E-state index contributed by atoms with van der Waals surface area (Å²) in [4.78, 5) is 11.0. The normalized spacial score (nSPS) is 12.1. The second kappa shape index (κ2) is 6.64. The largest absolute Gasteiger partial charge is 0.369 e. The number of primary amides is 1. The van der Waals surface area contributed by atoms with E-state index in [1.165, 1.54) is 11.8 Å². The first kappa shape index (κ1) is 14.0. The SMILES string of the molecule is NC(=O)CSC(c1ccccc1)c1ccc(Cl)cc1. The first-order chi connectivity index (χ1) is 9.16. The van der Waals surface area contributed by atoms with Crippen LogP contribution in [0.15, 0.2) is 54.6 Å². The molecule has 98 valence electrons. The zero-order valence-electron chi connectivity index (χ0n) is 10.3. The predicted molar refractivity (Wildman–Crippen MR) is 81.4 cm³/mol. The zero-order chi connectivity index (χ0) is 13.7. The van der Waals surface area contributed by atoms with Gasteiger partial charge in [-0.25, -0.2) is 0 Å². The van der Waals surface area contributed by atoms with Gasteiger partial charge < -0.3 is 5.73 Å². The van der Waals surface area contributed by atoms with E-state index in [1.807, 2.05) is 54.6 Å². The second-order valence-electron chi connectivity index (χ2n) is 4.12. The maximum absolute atomic E-state index is 11.0. The Bertz CT molecular complexity index is 542. The molecule has 0 saturated carbocycles. The van der Waals surface area contributed by atoms with Crippen LogP contribution in [-0.4, -0.2) is 11.7 Å². The number of halogens is 1. The van der Waals surface area contributed by atoms with Crippen molar-refractivity contribution in [2.45, 2.75) is 5.25 Å². The summed E-state index contributed by atoms with van der Waals surface area (Å²) in [5.74, 6) is -0.0118. The Kier molecular flexibility index (Phi) is 4.88. The van der Waals surface area contributed by atoms with Crippen molar-refractivity contribution in [1.29, 1.82) is 0 Å². The molecule has 19 heavy (non-hydrogen) atoms. The van der Waals surface area contributed by atoms with Gasteiger partial charge in [-0.1, -0.05) is 54.1 Å². The molecule has 0 aromatic heterocycles. The zero-order valence-corrected chi connectivity index (χ0v) is 11.8. The van der Waals surface area contributed by atoms with Crippen LogP contribution >= 0.6 is 23.4 Å². The van der Waals surface area contributed by atoms with Gasteiger partial charge in [0.1, 0.15) is 0 Å². The van der Waals surface area contributed by atoms with Gasteiger partial charge in [-0.05, 0) is 23.3 Å². The van der Waals surface area contributed by atoms with Crippen LogP contribution in [0.3, 0.4) is 0 Å². The van der Waals surface area contributed by atoms with Gasteiger partial charge in [0, 0.05) is 5.02 Å². The molecule has 0 radical (unpaired) electrons. The molecule has 1 amide bonds. The Morgan fingerprint density at radius 1 is 1.05 bits per heavy atom. The smallest absolute Gasteiger partial charge is 0.227 e. The van der Waals surface area contributed by atoms with Gasteiger partial charge in [0.15, 0.2) is 0 Å². The number of carbonyl (C=O) groups is 1. The van der Waals surface area contributed by atoms with Gasteiger partial charge in [0.25, 0.3) is 0 Å². The highest BCUT2D eigenvalue weighted by atomic mass is 35.5. The lowest BCUT2D eigenvalue weighted by molar-refractivity contribution is -0.115. The summed E-state index contributed by atoms with van der Waals surface area (Å²) in [6.45, 7) is 0. The maximum atomic E-state index is 11.0. The molecule has 0 aliphatic heterocycles. The van der Waals surface area contributed by atoms with Crippen molar-refractivity contribution >= 4 is 29.3 Å². The molecule has 0 aliphatic rings. The van der Waals surface area contributed by atoms with Crippen molar-refractivity contribution in [2.24, 2.45) is 5.73 Å². The first-order valence-electron chi connectivity index (χ1n) is 5.87. The van der Waals surface area contributed by atoms with Crippen molar-refractivity contribution < 1.29 is 4.79 Å². The number of hydrogen-bond acceptors (Lipinski definition) is 2. The van der Waals surface area contributed by atoms with Crippen LogP contribution < -0.4 is 5.73 Å². The molecular weight excluding hydrogens is 278 g/mol. The summed E-state index contributed by atoms with van der Waals surface area (Å²) in [7, 11) is 0. The molecule has 0 aliphatic carbocycles. The third-order valence-electron chi connectivity index (χ3n) is 2.67. The quantitative estimate of drug-likeness (QED) is 0.914. The predicted octanol–water partition coefficient (Wildman–Crippen LogP) is 3.65. The minimum absolute atomic E-state index is 0.0889. The Morgan fingerprint density at radius 2 is 1.63 bits per heavy atom. The molecule has 0 bridgehead atoms. The third-order valence-corrected chi connectivity index (χ3v) is 4.25. The number of rotatable bonds is 5. The van der Waals surface area contributed by atoms with Crippen LogP contribution in [0, 0.1) is 0 Å². The van der Waals surface area contributed by atoms with Gasteiger partial charge in [0.2, 0.25) is 5.91 Å². The summed E-state index contributed by atoms with van der Waals surface area (Å²) in [6.07, 6.45) is 0. The summed E-state index contributed by atoms with van der Waals surface area (Å²) < 4.78 is 0. The van der Waals surface area contributed by atoms with E-state index < -0.39 is 0 Å². The van der Waals surface area contributed by atoms with Crippen LogP contribution in [0.25, 0.3) is 0 Å². The van der Waals surface area contributed by atoms with Gasteiger partial charge in [-0.3, -0.25) is 4.79 Å². The van der Waals surface area contributed by atoms with Crippen LogP contribution in [0.4, 0.5) is 0 Å². The van der Waals surface area contributed by atoms with E-state index >= 15 is 0 Å². The Hall–Kier alpha value is -1.45. The summed E-state index contributed by atoms with van der Waals surface area (Å²) in [5.41, 5.74) is 7.50. The number of amides is 1. The summed E-state index contributed by atoms with van der Waals surface area (Å²) in [5, 5.41) is 0.793. The topological polar surface area (TPSA) is 43.1 Å². The molecule has 0 spiro atoms. The van der Waals surface area contributed by atoms with Gasteiger partial charge in [-0.2, -0.15) is 0 Å². The summed E-state index contributed by atoms with van der Waals surface area (Å²) in [6, 6.07) is 17.7. The fourth-order valence-corrected chi connectivity index (χ4v) is 2.97. The number of carbonyl (C=O) groups excluding carboxylic acids is 1. The van der Waals surface area contributed by atoms with Crippen LogP contribution in [0.5, 0.6) is 0 Å². The molecule has 2 N–H and O–H groups in total. The van der Waals surface area contributed by atoms with E-state index in [0.29, 0.717) is 10.8 Å². The molecule has 2 aromatic carbocycles. The van der Waals surface area contributed by atoms with Crippen LogP contribution in [0.2, 0.25) is 5.02 Å². The number of thioether (sulfide) groups is 1. The molecule has 2 nitrogen and oxygen atoms in total. The first-order valence-corrected chi connectivity index (χ1v) is 7.30. The highest BCUT2D eigenvalue weighted by molar-refractivity contribution is 8.00. The Balaban J connectivity index is 2.28. The average molecular weight is 292 g/mol. The maximum Gasteiger partial charge on any atom is 0.227 e. The van der Waals surface area contributed by atoms with E-state index in [-0.39, 0.29) is 11.2 Å². The molecule has 2 rings (SSSR count). The number of nitrogens with two attached hydrogens (primary N) is 1. The molecule has 0 heterocycles. The van der Waals surface area contributed by atoms with Gasteiger partial charge in [-0.15, -0.1) is 11.8 Å². The van der Waals surface area contributed by atoms with Crippen molar-refractivity contribution in [2.75, 3.05) is 5.75 Å². The minimum Gasteiger partial charge on any atom is -0.369 e. The lowest BCUT2D eigenvalue weighted by Crippen LogP contribution is -2.14. The monoisotopic (exact) mass is 291 g/mol. The summed E-state index contributed by atoms with van der Waals surface area (Å²) >= 11 is 7.43. The molecule has 1 unspecified atom stereocenters. The van der Waals surface area contributed by atoms with E-state index in [9.17, 15) is 4.79 Å². The molecule has 2 aromatic rings. The molecule has 0 saturated heterocycles. The highest BCUT2D eigenvalue weighted by Gasteiger charge is 2.15. The van der Waals surface area contributed by atoms with Crippen molar-refractivity contribution in [3.8, 4) is 0 Å². The molecular formula is C15H14ClNOS. The number of hydrogen-bond donors (Lipinski definition) is 1. The van der Waals surface area contributed by atoms with Gasteiger partial charge in [0.05, 0.1) is 11.0 Å². The fourth-order valence-electron chi connectivity index (χ4n) is 1.82. The molecule has 4 heteroatoms. The lowest BCUT2D eigenvalue weighted by Gasteiger charge is -2.17. The van der Waals surface area contributed by atoms with Gasteiger partial charge >= 0.3 is 0 Å². The Morgan fingerprint density at radius 3 is 2.21 bits per heavy atom. The molecule has 0 fully saturated rings. The van der Waals surface area contributed by atoms with Crippen molar-refractivity contribution in [3.63, 3.8) is 0 Å². The van der Waals surface area contributed by atoms with E-state index in [1.54, 1.807) is 0 Å². The van der Waals surface area contributed by atoms with Crippen LogP contribution in [-0.2, 0) is 4.79 Å². The number of benzene rings is 2. The average Bonchev–Trinajstić information content (AvgIpc) is 2.42. The third kappa shape index (κ3) is 4.01. The van der Waals surface area contributed by atoms with E-state index in [2.05, 4.69) is 0 Å². The van der Waals surface area contributed by atoms with Crippen LogP contribution in [0.1, 0.15) is 16.4 Å². The van der Waals surface area contributed by atoms with Crippen molar-refractivity contribution in [3.05, 3.63) is 70.7 Å². The lowest BCUT2D eigenvalue weighted by atomic mass is 10.0.